The van der Waals surface area contributed by atoms with Gasteiger partial charge in [0.05, 0.1) is 19.0 Å². The van der Waals surface area contributed by atoms with Crippen LogP contribution >= 0.6 is 11.3 Å². The van der Waals surface area contributed by atoms with Crippen molar-refractivity contribution in [3.63, 3.8) is 0 Å². The molecule has 0 bridgehead atoms. The Balaban J connectivity index is 1.84. The number of hydrogen-bond donors (Lipinski definition) is 1. The van der Waals surface area contributed by atoms with E-state index in [1.807, 2.05) is 28.2 Å². The van der Waals surface area contributed by atoms with E-state index in [0.29, 0.717) is 6.42 Å². The molecule has 0 aliphatic heterocycles. The summed E-state index contributed by atoms with van der Waals surface area (Å²) in [6.07, 6.45) is 8.09. The zero-order chi connectivity index (χ0) is 13.2. The highest BCUT2D eigenvalue weighted by Gasteiger charge is 2.14. The zero-order valence-corrected chi connectivity index (χ0v) is 11.3. The number of nitrogens with zero attached hydrogens (tertiary/aromatic N) is 3. The van der Waals surface area contributed by atoms with Crippen molar-refractivity contribution in [2.24, 2.45) is 5.73 Å². The standard InChI is InChI=1S/C13H14N4OS/c1-18-12-7-15-3-2-10(12)11(14)6-9-8-17-4-5-19-13(17)16-9/h2-5,7-8,11H,6,14H2,1H3. The van der Waals surface area contributed by atoms with Gasteiger partial charge in [-0.25, -0.2) is 4.98 Å². The lowest BCUT2D eigenvalue weighted by Gasteiger charge is -2.13. The van der Waals surface area contributed by atoms with Crippen LogP contribution in [0.2, 0.25) is 0 Å². The molecule has 0 amide bonds. The Kier molecular flexibility index (Phi) is 3.18. The number of thiazole rings is 1. The van der Waals surface area contributed by atoms with E-state index in [2.05, 4.69) is 9.97 Å². The molecule has 0 aliphatic carbocycles. The van der Waals surface area contributed by atoms with Crippen molar-refractivity contribution in [1.29, 1.82) is 0 Å². The molecule has 3 rings (SSSR count). The largest absolute Gasteiger partial charge is 0.495 e. The molecule has 3 heterocycles. The third kappa shape index (κ3) is 2.32. The van der Waals surface area contributed by atoms with Gasteiger partial charge in [-0.1, -0.05) is 0 Å². The fraction of sp³-hybridized carbons (Fsp3) is 0.231. The first kappa shape index (κ1) is 12.1. The van der Waals surface area contributed by atoms with E-state index in [1.165, 1.54) is 0 Å². The van der Waals surface area contributed by atoms with Gasteiger partial charge in [0, 0.05) is 42.0 Å². The van der Waals surface area contributed by atoms with E-state index < -0.39 is 0 Å². The quantitative estimate of drug-likeness (QED) is 0.790. The Morgan fingerprint density at radius 3 is 3.21 bits per heavy atom. The fourth-order valence-corrected chi connectivity index (χ4v) is 2.80. The summed E-state index contributed by atoms with van der Waals surface area (Å²) in [4.78, 5) is 9.56. The summed E-state index contributed by atoms with van der Waals surface area (Å²) in [6, 6.07) is 1.74. The van der Waals surface area contributed by atoms with Gasteiger partial charge in [0.25, 0.3) is 0 Å². The second-order valence-electron chi connectivity index (χ2n) is 4.25. The van der Waals surface area contributed by atoms with E-state index in [-0.39, 0.29) is 6.04 Å². The van der Waals surface area contributed by atoms with Gasteiger partial charge < -0.3 is 10.5 Å². The summed E-state index contributed by atoms with van der Waals surface area (Å²) in [5.74, 6) is 0.719. The highest BCUT2D eigenvalue weighted by molar-refractivity contribution is 7.15. The molecule has 0 saturated heterocycles. The minimum absolute atomic E-state index is 0.150. The molecular formula is C13H14N4OS. The fourth-order valence-electron chi connectivity index (χ4n) is 2.08. The van der Waals surface area contributed by atoms with Crippen LogP contribution in [0.25, 0.3) is 4.96 Å². The van der Waals surface area contributed by atoms with Crippen LogP contribution < -0.4 is 10.5 Å². The molecule has 0 aliphatic rings. The minimum atomic E-state index is -0.150. The van der Waals surface area contributed by atoms with Crippen LogP contribution in [0.4, 0.5) is 0 Å². The highest BCUT2D eigenvalue weighted by Crippen LogP contribution is 2.25. The lowest BCUT2D eigenvalue weighted by atomic mass is 10.0. The van der Waals surface area contributed by atoms with Crippen molar-refractivity contribution in [2.45, 2.75) is 12.5 Å². The van der Waals surface area contributed by atoms with Crippen LogP contribution in [0.3, 0.4) is 0 Å². The van der Waals surface area contributed by atoms with Gasteiger partial charge in [-0.3, -0.25) is 9.38 Å². The molecular weight excluding hydrogens is 260 g/mol. The first-order chi connectivity index (χ1) is 9.28. The van der Waals surface area contributed by atoms with Gasteiger partial charge >= 0.3 is 0 Å². The van der Waals surface area contributed by atoms with Crippen LogP contribution in [0, 0.1) is 0 Å². The molecule has 0 spiro atoms. The van der Waals surface area contributed by atoms with E-state index in [1.54, 1.807) is 30.8 Å². The topological polar surface area (TPSA) is 65.4 Å². The second-order valence-corrected chi connectivity index (χ2v) is 5.13. The van der Waals surface area contributed by atoms with Gasteiger partial charge in [-0.05, 0) is 6.07 Å². The molecule has 19 heavy (non-hydrogen) atoms. The molecule has 3 aromatic heterocycles. The number of hydrogen-bond acceptors (Lipinski definition) is 5. The van der Waals surface area contributed by atoms with E-state index in [9.17, 15) is 0 Å². The number of fused-ring (bicyclic) bond motifs is 1. The average Bonchev–Trinajstić information content (AvgIpc) is 2.99. The number of imidazole rings is 1. The first-order valence-corrected chi connectivity index (χ1v) is 6.80. The van der Waals surface area contributed by atoms with Crippen LogP contribution in [0.5, 0.6) is 5.75 Å². The van der Waals surface area contributed by atoms with Crippen molar-refractivity contribution in [3.8, 4) is 5.75 Å². The van der Waals surface area contributed by atoms with Crippen LogP contribution in [0.1, 0.15) is 17.3 Å². The average molecular weight is 274 g/mol. The minimum Gasteiger partial charge on any atom is -0.495 e. The van der Waals surface area contributed by atoms with Crippen LogP contribution in [-0.2, 0) is 6.42 Å². The van der Waals surface area contributed by atoms with Gasteiger partial charge in [0.1, 0.15) is 5.75 Å². The molecule has 3 aromatic rings. The van der Waals surface area contributed by atoms with Gasteiger partial charge in [0.15, 0.2) is 4.96 Å². The maximum absolute atomic E-state index is 6.24. The Hall–Kier alpha value is -1.92. The third-order valence-electron chi connectivity index (χ3n) is 3.01. The summed E-state index contributed by atoms with van der Waals surface area (Å²) >= 11 is 1.62. The Morgan fingerprint density at radius 1 is 1.53 bits per heavy atom. The summed E-state index contributed by atoms with van der Waals surface area (Å²) < 4.78 is 7.29. The molecule has 1 atom stereocenters. The number of aromatic nitrogens is 3. The third-order valence-corrected chi connectivity index (χ3v) is 3.78. The molecule has 6 heteroatoms. The highest BCUT2D eigenvalue weighted by atomic mass is 32.1. The number of ether oxygens (including phenoxy) is 1. The first-order valence-electron chi connectivity index (χ1n) is 5.92. The predicted octanol–water partition coefficient (Wildman–Crippen LogP) is 2.04. The molecule has 0 radical (unpaired) electrons. The number of pyridine rings is 1. The van der Waals surface area contributed by atoms with Crippen molar-refractivity contribution in [2.75, 3.05) is 7.11 Å². The van der Waals surface area contributed by atoms with Crippen molar-refractivity contribution in [3.05, 3.63) is 47.5 Å². The van der Waals surface area contributed by atoms with Crippen molar-refractivity contribution < 1.29 is 4.74 Å². The molecule has 0 aromatic carbocycles. The second kappa shape index (κ2) is 4.99. The number of rotatable bonds is 4. The van der Waals surface area contributed by atoms with E-state index in [0.717, 1.165) is 22.0 Å². The Labute approximate surface area is 114 Å². The predicted molar refractivity (Wildman–Crippen MR) is 74.5 cm³/mol. The molecule has 5 nitrogen and oxygen atoms in total. The Bertz CT molecular complexity index is 662. The maximum Gasteiger partial charge on any atom is 0.193 e. The maximum atomic E-state index is 6.24. The normalized spacial score (nSPS) is 12.7. The van der Waals surface area contributed by atoms with Crippen molar-refractivity contribution >= 4 is 16.3 Å². The van der Waals surface area contributed by atoms with Crippen molar-refractivity contribution in [1.82, 2.24) is 14.4 Å². The summed E-state index contributed by atoms with van der Waals surface area (Å²) in [5.41, 5.74) is 8.18. The van der Waals surface area contributed by atoms with Gasteiger partial charge in [0.2, 0.25) is 0 Å². The number of methoxy groups -OCH3 is 1. The van der Waals surface area contributed by atoms with Gasteiger partial charge in [-0.15, -0.1) is 11.3 Å². The smallest absolute Gasteiger partial charge is 0.193 e. The van der Waals surface area contributed by atoms with E-state index in [4.69, 9.17) is 10.5 Å². The van der Waals surface area contributed by atoms with E-state index >= 15 is 0 Å². The number of nitrogens with two attached hydrogens (primary N) is 1. The molecule has 0 saturated carbocycles. The monoisotopic (exact) mass is 274 g/mol. The molecule has 1 unspecified atom stereocenters. The Morgan fingerprint density at radius 2 is 2.42 bits per heavy atom. The lowest BCUT2D eigenvalue weighted by Crippen LogP contribution is -2.14. The molecule has 2 N–H and O–H groups in total. The lowest BCUT2D eigenvalue weighted by molar-refractivity contribution is 0.403. The summed E-state index contributed by atoms with van der Waals surface area (Å²) in [5, 5.41) is 2.01. The SMILES string of the molecule is COc1cnccc1C(N)Cc1cn2ccsc2n1. The van der Waals surface area contributed by atoms with Crippen LogP contribution in [-0.4, -0.2) is 21.5 Å². The zero-order valence-electron chi connectivity index (χ0n) is 10.5. The summed E-state index contributed by atoms with van der Waals surface area (Å²) in [6.45, 7) is 0. The molecule has 0 fully saturated rings. The molecule has 98 valence electrons. The van der Waals surface area contributed by atoms with Gasteiger partial charge in [-0.2, -0.15) is 0 Å². The van der Waals surface area contributed by atoms with Crippen LogP contribution in [0.15, 0.2) is 36.2 Å². The summed E-state index contributed by atoms with van der Waals surface area (Å²) in [7, 11) is 1.62.